The lowest BCUT2D eigenvalue weighted by molar-refractivity contribution is 0.297. The molecule has 94 valence electrons. The number of hydrogen-bond acceptors (Lipinski definition) is 2. The summed E-state index contributed by atoms with van der Waals surface area (Å²) >= 11 is 0. The molecule has 1 aliphatic carbocycles. The standard InChI is InChI=1S/C15H24N2/c1-11-6-8-13(9-7-11)10-15(17-16)14-5-3-4-12(14)2/h6-9,12,14-15,17H,3-5,10,16H2,1-2H3. The van der Waals surface area contributed by atoms with E-state index < -0.39 is 0 Å². The second kappa shape index (κ2) is 5.65. The van der Waals surface area contributed by atoms with Crippen LogP contribution in [0.5, 0.6) is 0 Å². The topological polar surface area (TPSA) is 38.0 Å². The Bertz CT molecular complexity index is 344. The van der Waals surface area contributed by atoms with E-state index in [-0.39, 0.29) is 0 Å². The molecule has 2 rings (SSSR count). The fourth-order valence-corrected chi connectivity index (χ4v) is 3.08. The van der Waals surface area contributed by atoms with Gasteiger partial charge in [-0.15, -0.1) is 0 Å². The first-order valence-electron chi connectivity index (χ1n) is 6.72. The molecule has 0 saturated heterocycles. The summed E-state index contributed by atoms with van der Waals surface area (Å²) in [5.74, 6) is 7.29. The van der Waals surface area contributed by atoms with Crippen LogP contribution in [0.15, 0.2) is 24.3 Å². The van der Waals surface area contributed by atoms with Crippen molar-refractivity contribution < 1.29 is 0 Å². The summed E-state index contributed by atoms with van der Waals surface area (Å²) in [4.78, 5) is 0. The maximum absolute atomic E-state index is 5.74. The van der Waals surface area contributed by atoms with Crippen LogP contribution in [0.3, 0.4) is 0 Å². The Hall–Kier alpha value is -0.860. The maximum atomic E-state index is 5.74. The van der Waals surface area contributed by atoms with Crippen molar-refractivity contribution >= 4 is 0 Å². The zero-order valence-electron chi connectivity index (χ0n) is 10.9. The van der Waals surface area contributed by atoms with Crippen molar-refractivity contribution in [2.75, 3.05) is 0 Å². The molecule has 1 fully saturated rings. The fourth-order valence-electron chi connectivity index (χ4n) is 3.08. The van der Waals surface area contributed by atoms with Crippen LogP contribution in [0, 0.1) is 18.8 Å². The van der Waals surface area contributed by atoms with Gasteiger partial charge in [-0.25, -0.2) is 0 Å². The Morgan fingerprint density at radius 3 is 2.53 bits per heavy atom. The van der Waals surface area contributed by atoms with Gasteiger partial charge in [0.15, 0.2) is 0 Å². The minimum absolute atomic E-state index is 0.426. The van der Waals surface area contributed by atoms with E-state index in [4.69, 9.17) is 5.84 Å². The molecular formula is C15H24N2. The number of nitrogens with two attached hydrogens (primary N) is 1. The Labute approximate surface area is 105 Å². The van der Waals surface area contributed by atoms with Crippen LogP contribution in [-0.2, 0) is 6.42 Å². The zero-order chi connectivity index (χ0) is 12.3. The average Bonchev–Trinajstić information content (AvgIpc) is 2.75. The Morgan fingerprint density at radius 2 is 2.00 bits per heavy atom. The molecule has 1 aromatic rings. The van der Waals surface area contributed by atoms with Crippen LogP contribution in [0.1, 0.15) is 37.3 Å². The predicted octanol–water partition coefficient (Wildman–Crippen LogP) is 2.81. The number of hydrazine groups is 1. The summed E-state index contributed by atoms with van der Waals surface area (Å²) < 4.78 is 0. The molecule has 0 aromatic heterocycles. The monoisotopic (exact) mass is 232 g/mol. The molecule has 0 spiro atoms. The zero-order valence-corrected chi connectivity index (χ0v) is 10.9. The van der Waals surface area contributed by atoms with Crippen LogP contribution in [0.4, 0.5) is 0 Å². The third-order valence-electron chi connectivity index (χ3n) is 4.23. The molecule has 0 aliphatic heterocycles. The predicted molar refractivity (Wildman–Crippen MR) is 72.5 cm³/mol. The summed E-state index contributed by atoms with van der Waals surface area (Å²) in [5, 5.41) is 0. The molecule has 2 nitrogen and oxygen atoms in total. The smallest absolute Gasteiger partial charge is 0.0281 e. The fraction of sp³-hybridized carbons (Fsp3) is 0.600. The first-order chi connectivity index (χ1) is 8.20. The third-order valence-corrected chi connectivity index (χ3v) is 4.23. The van der Waals surface area contributed by atoms with Gasteiger partial charge in [-0.2, -0.15) is 0 Å². The molecule has 0 bridgehead atoms. The first-order valence-corrected chi connectivity index (χ1v) is 6.72. The van der Waals surface area contributed by atoms with Gasteiger partial charge in [-0.3, -0.25) is 11.3 Å². The molecule has 1 aromatic carbocycles. The second-order valence-electron chi connectivity index (χ2n) is 5.53. The lowest BCUT2D eigenvalue weighted by Crippen LogP contribution is -2.43. The van der Waals surface area contributed by atoms with Crippen molar-refractivity contribution in [1.29, 1.82) is 0 Å². The highest BCUT2D eigenvalue weighted by Gasteiger charge is 2.30. The molecular weight excluding hydrogens is 208 g/mol. The molecule has 3 unspecified atom stereocenters. The van der Waals surface area contributed by atoms with Crippen molar-refractivity contribution in [3.8, 4) is 0 Å². The third kappa shape index (κ3) is 3.08. The van der Waals surface area contributed by atoms with E-state index in [0.29, 0.717) is 6.04 Å². The van der Waals surface area contributed by atoms with Gasteiger partial charge in [0.1, 0.15) is 0 Å². The van der Waals surface area contributed by atoms with Crippen LogP contribution in [-0.4, -0.2) is 6.04 Å². The Kier molecular flexibility index (Phi) is 4.19. The minimum atomic E-state index is 0.426. The van der Waals surface area contributed by atoms with Gasteiger partial charge in [-0.05, 0) is 37.2 Å². The molecule has 0 amide bonds. The van der Waals surface area contributed by atoms with E-state index in [2.05, 4.69) is 43.5 Å². The number of nitrogens with one attached hydrogen (secondary N) is 1. The normalized spacial score (nSPS) is 26.1. The molecule has 0 radical (unpaired) electrons. The van der Waals surface area contributed by atoms with E-state index in [9.17, 15) is 0 Å². The van der Waals surface area contributed by atoms with Crippen molar-refractivity contribution in [2.24, 2.45) is 17.7 Å². The number of benzene rings is 1. The van der Waals surface area contributed by atoms with Gasteiger partial charge in [-0.1, -0.05) is 49.6 Å². The van der Waals surface area contributed by atoms with Crippen LogP contribution < -0.4 is 11.3 Å². The van der Waals surface area contributed by atoms with E-state index in [1.54, 1.807) is 0 Å². The summed E-state index contributed by atoms with van der Waals surface area (Å²) in [6, 6.07) is 9.23. The van der Waals surface area contributed by atoms with Gasteiger partial charge in [0.25, 0.3) is 0 Å². The van der Waals surface area contributed by atoms with Crippen LogP contribution in [0.25, 0.3) is 0 Å². The lowest BCUT2D eigenvalue weighted by atomic mass is 9.87. The van der Waals surface area contributed by atoms with Gasteiger partial charge >= 0.3 is 0 Å². The lowest BCUT2D eigenvalue weighted by Gasteiger charge is -2.26. The summed E-state index contributed by atoms with van der Waals surface area (Å²) in [6.07, 6.45) is 5.09. The molecule has 3 atom stereocenters. The van der Waals surface area contributed by atoms with E-state index >= 15 is 0 Å². The number of hydrogen-bond donors (Lipinski definition) is 2. The summed E-state index contributed by atoms with van der Waals surface area (Å²) in [6.45, 7) is 4.48. The molecule has 0 heterocycles. The van der Waals surface area contributed by atoms with Gasteiger partial charge in [0, 0.05) is 6.04 Å². The molecule has 17 heavy (non-hydrogen) atoms. The van der Waals surface area contributed by atoms with Crippen LogP contribution in [0.2, 0.25) is 0 Å². The second-order valence-corrected chi connectivity index (χ2v) is 5.53. The molecule has 1 aliphatic rings. The number of aryl methyl sites for hydroxylation is 1. The molecule has 2 heteroatoms. The SMILES string of the molecule is Cc1ccc(CC(NN)C2CCCC2C)cc1. The van der Waals surface area contributed by atoms with Crippen molar-refractivity contribution in [3.05, 3.63) is 35.4 Å². The largest absolute Gasteiger partial charge is 0.271 e. The average molecular weight is 232 g/mol. The quantitative estimate of drug-likeness (QED) is 0.619. The highest BCUT2D eigenvalue weighted by Crippen LogP contribution is 2.34. The van der Waals surface area contributed by atoms with E-state index in [0.717, 1.165) is 18.3 Å². The maximum Gasteiger partial charge on any atom is 0.0281 e. The molecule has 1 saturated carbocycles. The summed E-state index contributed by atoms with van der Waals surface area (Å²) in [7, 11) is 0. The number of rotatable bonds is 4. The molecule has 3 N–H and O–H groups in total. The van der Waals surface area contributed by atoms with Crippen molar-refractivity contribution in [1.82, 2.24) is 5.43 Å². The van der Waals surface area contributed by atoms with Gasteiger partial charge < -0.3 is 0 Å². The van der Waals surface area contributed by atoms with E-state index in [1.807, 2.05) is 0 Å². The van der Waals surface area contributed by atoms with Crippen molar-refractivity contribution in [3.63, 3.8) is 0 Å². The minimum Gasteiger partial charge on any atom is -0.271 e. The van der Waals surface area contributed by atoms with E-state index in [1.165, 1.54) is 30.4 Å². The summed E-state index contributed by atoms with van der Waals surface area (Å²) in [5.41, 5.74) is 5.74. The van der Waals surface area contributed by atoms with Gasteiger partial charge in [0.2, 0.25) is 0 Å². The first kappa shape index (κ1) is 12.6. The highest BCUT2D eigenvalue weighted by atomic mass is 15.2. The Morgan fingerprint density at radius 1 is 1.29 bits per heavy atom. The van der Waals surface area contributed by atoms with Gasteiger partial charge in [0.05, 0.1) is 0 Å². The highest BCUT2D eigenvalue weighted by molar-refractivity contribution is 5.22. The Balaban J connectivity index is 2.01. The van der Waals surface area contributed by atoms with Crippen LogP contribution >= 0.6 is 0 Å². The van der Waals surface area contributed by atoms with Crippen molar-refractivity contribution in [2.45, 2.75) is 45.6 Å².